The first-order valence-corrected chi connectivity index (χ1v) is 10.2. The summed E-state index contributed by atoms with van der Waals surface area (Å²) < 4.78 is 1.59. The molecular weight excluding hydrogens is 374 g/mol. The predicted octanol–water partition coefficient (Wildman–Crippen LogP) is 2.98. The Bertz CT molecular complexity index is 1020. The Kier molecular flexibility index (Phi) is 5.29. The molecule has 1 aliphatic carbocycles. The SMILES string of the molecule is Cc1nc(C(=O)NC2CCC(n3nc(-c4ccncc4)ccc3=O)CC2)cs1. The fourth-order valence-electron chi connectivity index (χ4n) is 3.56. The average molecular weight is 395 g/mol. The van der Waals surface area contributed by atoms with Gasteiger partial charge in [-0.25, -0.2) is 9.67 Å². The third-order valence-corrected chi connectivity index (χ3v) is 5.80. The number of pyridine rings is 1. The molecule has 144 valence electrons. The molecule has 7 nitrogen and oxygen atoms in total. The van der Waals surface area contributed by atoms with Crippen LogP contribution < -0.4 is 10.9 Å². The van der Waals surface area contributed by atoms with Crippen LogP contribution in [0, 0.1) is 6.92 Å². The molecule has 1 N–H and O–H groups in total. The number of aryl methyl sites for hydroxylation is 1. The lowest BCUT2D eigenvalue weighted by Crippen LogP contribution is -2.39. The molecule has 1 saturated carbocycles. The quantitative estimate of drug-likeness (QED) is 0.733. The maximum atomic E-state index is 12.4. The number of hydrogen-bond acceptors (Lipinski definition) is 6. The van der Waals surface area contributed by atoms with Gasteiger partial charge in [0.05, 0.1) is 16.7 Å². The molecule has 4 rings (SSSR count). The third-order valence-electron chi connectivity index (χ3n) is 5.03. The molecule has 0 unspecified atom stereocenters. The van der Waals surface area contributed by atoms with E-state index in [0.29, 0.717) is 5.69 Å². The van der Waals surface area contributed by atoms with Gasteiger partial charge in [-0.1, -0.05) is 0 Å². The van der Waals surface area contributed by atoms with E-state index in [1.807, 2.05) is 19.1 Å². The van der Waals surface area contributed by atoms with Gasteiger partial charge < -0.3 is 5.32 Å². The first-order valence-electron chi connectivity index (χ1n) is 9.33. The maximum absolute atomic E-state index is 12.4. The second-order valence-electron chi connectivity index (χ2n) is 6.97. The Balaban J connectivity index is 1.42. The summed E-state index contributed by atoms with van der Waals surface area (Å²) in [6, 6.07) is 7.22. The summed E-state index contributed by atoms with van der Waals surface area (Å²) in [5, 5.41) is 10.3. The lowest BCUT2D eigenvalue weighted by Gasteiger charge is -2.29. The van der Waals surface area contributed by atoms with E-state index in [1.54, 1.807) is 34.6 Å². The molecule has 0 bridgehead atoms. The molecule has 28 heavy (non-hydrogen) atoms. The highest BCUT2D eigenvalue weighted by molar-refractivity contribution is 7.09. The molecule has 0 aromatic carbocycles. The van der Waals surface area contributed by atoms with E-state index in [0.717, 1.165) is 41.9 Å². The Morgan fingerprint density at radius 2 is 1.89 bits per heavy atom. The summed E-state index contributed by atoms with van der Waals surface area (Å²) in [6.07, 6.45) is 6.65. The van der Waals surface area contributed by atoms with Crippen LogP contribution in [0.2, 0.25) is 0 Å². The van der Waals surface area contributed by atoms with Gasteiger partial charge in [-0.05, 0) is 50.8 Å². The monoisotopic (exact) mass is 395 g/mol. The highest BCUT2D eigenvalue weighted by Crippen LogP contribution is 2.28. The Morgan fingerprint density at radius 3 is 2.57 bits per heavy atom. The molecule has 0 radical (unpaired) electrons. The number of aromatic nitrogens is 4. The average Bonchev–Trinajstić information content (AvgIpc) is 3.16. The van der Waals surface area contributed by atoms with Crippen molar-refractivity contribution in [3.8, 4) is 11.3 Å². The predicted molar refractivity (Wildman–Crippen MR) is 107 cm³/mol. The van der Waals surface area contributed by atoms with Crippen LogP contribution in [0.5, 0.6) is 0 Å². The molecular formula is C20H21N5O2S. The molecule has 3 aromatic heterocycles. The van der Waals surface area contributed by atoms with Crippen LogP contribution in [0.15, 0.2) is 46.8 Å². The second-order valence-corrected chi connectivity index (χ2v) is 8.03. The fourth-order valence-corrected chi connectivity index (χ4v) is 4.15. The van der Waals surface area contributed by atoms with Crippen LogP contribution in [0.25, 0.3) is 11.3 Å². The van der Waals surface area contributed by atoms with Crippen molar-refractivity contribution in [1.29, 1.82) is 0 Å². The van der Waals surface area contributed by atoms with Crippen molar-refractivity contribution in [1.82, 2.24) is 25.1 Å². The lowest BCUT2D eigenvalue weighted by molar-refractivity contribution is 0.0917. The number of amides is 1. The first kappa shape index (κ1) is 18.5. The summed E-state index contributed by atoms with van der Waals surface area (Å²) in [5.41, 5.74) is 2.08. The minimum atomic E-state index is -0.122. The summed E-state index contributed by atoms with van der Waals surface area (Å²) in [5.74, 6) is -0.122. The molecule has 0 spiro atoms. The highest BCUT2D eigenvalue weighted by atomic mass is 32.1. The van der Waals surface area contributed by atoms with Gasteiger partial charge in [0.25, 0.3) is 11.5 Å². The molecule has 1 aliphatic rings. The number of carbonyl (C=O) groups is 1. The number of nitrogens with one attached hydrogen (secondary N) is 1. The number of nitrogens with zero attached hydrogens (tertiary/aromatic N) is 4. The van der Waals surface area contributed by atoms with Crippen LogP contribution in [0.1, 0.15) is 47.2 Å². The van der Waals surface area contributed by atoms with Crippen LogP contribution in [-0.4, -0.2) is 31.7 Å². The van der Waals surface area contributed by atoms with Crippen molar-refractivity contribution in [3.05, 3.63) is 63.1 Å². The van der Waals surface area contributed by atoms with Crippen molar-refractivity contribution in [3.63, 3.8) is 0 Å². The second kappa shape index (κ2) is 8.02. The Morgan fingerprint density at radius 1 is 1.14 bits per heavy atom. The van der Waals surface area contributed by atoms with Crippen molar-refractivity contribution in [2.45, 2.75) is 44.7 Å². The Hall–Kier alpha value is -2.87. The molecule has 3 aromatic rings. The summed E-state index contributed by atoms with van der Waals surface area (Å²) in [4.78, 5) is 32.9. The third kappa shape index (κ3) is 4.01. The van der Waals surface area contributed by atoms with Crippen LogP contribution in [0.3, 0.4) is 0 Å². The fraction of sp³-hybridized carbons (Fsp3) is 0.350. The standard InChI is InChI=1S/C20H21N5O2S/c1-13-22-18(12-28-13)20(27)23-15-2-4-16(5-3-15)25-19(26)7-6-17(24-25)14-8-10-21-11-9-14/h6-12,15-16H,2-5H2,1H3,(H,23,27). The molecule has 0 atom stereocenters. The number of hydrogen-bond donors (Lipinski definition) is 1. The lowest BCUT2D eigenvalue weighted by atomic mass is 9.91. The molecule has 3 heterocycles. The molecule has 8 heteroatoms. The molecule has 0 aliphatic heterocycles. The zero-order valence-electron chi connectivity index (χ0n) is 15.5. The Labute approximate surface area is 166 Å². The smallest absolute Gasteiger partial charge is 0.270 e. The van der Waals surface area contributed by atoms with Crippen LogP contribution in [0.4, 0.5) is 0 Å². The zero-order chi connectivity index (χ0) is 19.5. The van der Waals surface area contributed by atoms with E-state index < -0.39 is 0 Å². The van der Waals surface area contributed by atoms with Crippen LogP contribution in [-0.2, 0) is 0 Å². The maximum Gasteiger partial charge on any atom is 0.270 e. The summed E-state index contributed by atoms with van der Waals surface area (Å²) in [6.45, 7) is 1.89. The van der Waals surface area contributed by atoms with Crippen molar-refractivity contribution < 1.29 is 4.79 Å². The zero-order valence-corrected chi connectivity index (χ0v) is 16.4. The van der Waals surface area contributed by atoms with E-state index in [-0.39, 0.29) is 23.6 Å². The normalized spacial score (nSPS) is 19.3. The molecule has 0 saturated heterocycles. The van der Waals surface area contributed by atoms with Crippen molar-refractivity contribution in [2.75, 3.05) is 0 Å². The van der Waals surface area contributed by atoms with Gasteiger partial charge in [0.2, 0.25) is 0 Å². The van der Waals surface area contributed by atoms with Crippen molar-refractivity contribution in [2.24, 2.45) is 0 Å². The largest absolute Gasteiger partial charge is 0.348 e. The minimum Gasteiger partial charge on any atom is -0.348 e. The molecule has 1 fully saturated rings. The van der Waals surface area contributed by atoms with E-state index in [9.17, 15) is 9.59 Å². The van der Waals surface area contributed by atoms with E-state index >= 15 is 0 Å². The van der Waals surface area contributed by atoms with Crippen LogP contribution >= 0.6 is 11.3 Å². The van der Waals surface area contributed by atoms with Gasteiger partial charge in [0.15, 0.2) is 0 Å². The number of carbonyl (C=O) groups excluding carboxylic acids is 1. The van der Waals surface area contributed by atoms with E-state index in [1.165, 1.54) is 11.3 Å². The number of rotatable bonds is 4. The summed E-state index contributed by atoms with van der Waals surface area (Å²) in [7, 11) is 0. The van der Waals surface area contributed by atoms with E-state index in [2.05, 4.69) is 20.4 Å². The highest BCUT2D eigenvalue weighted by Gasteiger charge is 2.25. The summed E-state index contributed by atoms with van der Waals surface area (Å²) >= 11 is 1.47. The number of thiazole rings is 1. The van der Waals surface area contributed by atoms with Gasteiger partial charge in [0, 0.05) is 35.4 Å². The van der Waals surface area contributed by atoms with Crippen molar-refractivity contribution >= 4 is 17.2 Å². The van der Waals surface area contributed by atoms with Gasteiger partial charge in [0.1, 0.15) is 5.69 Å². The first-order chi connectivity index (χ1) is 13.6. The van der Waals surface area contributed by atoms with E-state index in [4.69, 9.17) is 0 Å². The van der Waals surface area contributed by atoms with Gasteiger partial charge >= 0.3 is 0 Å². The van der Waals surface area contributed by atoms with Gasteiger partial charge in [-0.15, -0.1) is 11.3 Å². The minimum absolute atomic E-state index is 0.0453. The molecule has 1 amide bonds. The van der Waals surface area contributed by atoms with Gasteiger partial charge in [-0.2, -0.15) is 5.10 Å². The topological polar surface area (TPSA) is 89.8 Å². The van der Waals surface area contributed by atoms with Gasteiger partial charge in [-0.3, -0.25) is 14.6 Å².